The summed E-state index contributed by atoms with van der Waals surface area (Å²) in [5, 5.41) is 6.53. The van der Waals surface area contributed by atoms with Crippen LogP contribution in [0.2, 0.25) is 0 Å². The fraction of sp³-hybridized carbons (Fsp3) is 0.100. The van der Waals surface area contributed by atoms with Crippen LogP contribution in [0.15, 0.2) is 66.9 Å². The number of pyridine rings is 1. The minimum Gasteiger partial charge on any atom is -0.352 e. The molecule has 0 aliphatic rings. The summed E-state index contributed by atoms with van der Waals surface area (Å²) in [6.07, 6.45) is 1.73. The van der Waals surface area contributed by atoms with E-state index >= 15 is 0 Å². The van der Waals surface area contributed by atoms with Gasteiger partial charge >= 0.3 is 0 Å². The van der Waals surface area contributed by atoms with Gasteiger partial charge in [-0.1, -0.05) is 30.3 Å². The van der Waals surface area contributed by atoms with Crippen LogP contribution < -0.4 is 10.6 Å². The number of halogens is 1. The molecule has 2 heterocycles. The van der Waals surface area contributed by atoms with E-state index in [1.165, 1.54) is 17.7 Å². The van der Waals surface area contributed by atoms with Crippen LogP contribution in [0, 0.1) is 5.82 Å². The van der Waals surface area contributed by atoms with Crippen LogP contribution in [-0.4, -0.2) is 14.5 Å². The van der Waals surface area contributed by atoms with Crippen molar-refractivity contribution in [2.75, 3.05) is 10.6 Å². The normalized spacial score (nSPS) is 10.8. The Bertz CT molecular complexity index is 1030. The molecule has 26 heavy (non-hydrogen) atoms. The van der Waals surface area contributed by atoms with Gasteiger partial charge in [-0.3, -0.25) is 0 Å². The number of benzene rings is 2. The lowest BCUT2D eigenvalue weighted by Crippen LogP contribution is -2.04. The number of fused-ring (bicyclic) bond motifs is 1. The van der Waals surface area contributed by atoms with E-state index in [-0.39, 0.29) is 5.82 Å². The number of hydrogen-bond donors (Lipinski definition) is 2. The maximum absolute atomic E-state index is 13.0. The average molecular weight is 347 g/mol. The zero-order valence-corrected chi connectivity index (χ0v) is 14.3. The highest BCUT2D eigenvalue weighted by molar-refractivity contribution is 5.81. The molecule has 4 aromatic rings. The van der Waals surface area contributed by atoms with Crippen molar-refractivity contribution in [1.29, 1.82) is 0 Å². The SMILES string of the molecule is Cn1c(NCc2ccccc2)nc2cnc(Nc3ccc(F)cc3)cc21. The van der Waals surface area contributed by atoms with Gasteiger partial charge in [0.25, 0.3) is 0 Å². The van der Waals surface area contributed by atoms with E-state index in [9.17, 15) is 4.39 Å². The number of anilines is 3. The molecule has 0 bridgehead atoms. The van der Waals surface area contributed by atoms with Gasteiger partial charge in [0.2, 0.25) is 5.95 Å². The fourth-order valence-electron chi connectivity index (χ4n) is 2.78. The molecule has 0 aliphatic heterocycles. The lowest BCUT2D eigenvalue weighted by Gasteiger charge is -2.07. The van der Waals surface area contributed by atoms with Crippen LogP contribution in [0.4, 0.5) is 21.8 Å². The number of hydrogen-bond acceptors (Lipinski definition) is 4. The Morgan fingerprint density at radius 1 is 1.04 bits per heavy atom. The molecule has 6 heteroatoms. The van der Waals surface area contributed by atoms with Crippen molar-refractivity contribution < 1.29 is 4.39 Å². The molecule has 0 amide bonds. The molecule has 2 N–H and O–H groups in total. The largest absolute Gasteiger partial charge is 0.352 e. The summed E-state index contributed by atoms with van der Waals surface area (Å²) in [4.78, 5) is 8.99. The summed E-state index contributed by atoms with van der Waals surface area (Å²) >= 11 is 0. The highest BCUT2D eigenvalue weighted by atomic mass is 19.1. The molecule has 0 atom stereocenters. The lowest BCUT2D eigenvalue weighted by molar-refractivity contribution is 0.628. The molecule has 130 valence electrons. The van der Waals surface area contributed by atoms with Gasteiger partial charge in [-0.15, -0.1) is 0 Å². The zero-order chi connectivity index (χ0) is 17.9. The van der Waals surface area contributed by atoms with Crippen LogP contribution >= 0.6 is 0 Å². The first-order valence-corrected chi connectivity index (χ1v) is 8.32. The van der Waals surface area contributed by atoms with Crippen molar-refractivity contribution in [3.63, 3.8) is 0 Å². The van der Waals surface area contributed by atoms with Gasteiger partial charge in [-0.05, 0) is 29.8 Å². The number of aromatic nitrogens is 3. The molecule has 0 fully saturated rings. The molecule has 0 aliphatic carbocycles. The van der Waals surface area contributed by atoms with E-state index in [4.69, 9.17) is 0 Å². The Balaban J connectivity index is 1.56. The standard InChI is InChI=1S/C20H18FN5/c1-26-18-11-19(24-16-9-7-15(21)8-10-16)22-13-17(18)25-20(26)23-12-14-5-3-2-4-6-14/h2-11,13H,12H2,1H3,(H,22,24)(H,23,25). The van der Waals surface area contributed by atoms with Crippen molar-refractivity contribution in [2.45, 2.75) is 6.54 Å². The molecule has 0 radical (unpaired) electrons. The third-order valence-electron chi connectivity index (χ3n) is 4.18. The molecule has 2 aromatic carbocycles. The van der Waals surface area contributed by atoms with E-state index in [0.717, 1.165) is 22.7 Å². The van der Waals surface area contributed by atoms with Gasteiger partial charge in [0.1, 0.15) is 17.2 Å². The molecule has 0 saturated heterocycles. The van der Waals surface area contributed by atoms with E-state index < -0.39 is 0 Å². The van der Waals surface area contributed by atoms with Crippen LogP contribution in [0.1, 0.15) is 5.56 Å². The molecule has 0 saturated carbocycles. The minimum absolute atomic E-state index is 0.264. The van der Waals surface area contributed by atoms with Crippen molar-refractivity contribution in [2.24, 2.45) is 7.05 Å². The Labute approximate surface area is 150 Å². The Morgan fingerprint density at radius 2 is 1.81 bits per heavy atom. The van der Waals surface area contributed by atoms with Crippen LogP contribution in [0.5, 0.6) is 0 Å². The van der Waals surface area contributed by atoms with Crippen molar-refractivity contribution in [1.82, 2.24) is 14.5 Å². The summed E-state index contributed by atoms with van der Waals surface area (Å²) in [6.45, 7) is 0.701. The first kappa shape index (κ1) is 16.1. The second kappa shape index (κ2) is 6.84. The van der Waals surface area contributed by atoms with Crippen molar-refractivity contribution >= 4 is 28.5 Å². The minimum atomic E-state index is -0.264. The van der Waals surface area contributed by atoms with Crippen molar-refractivity contribution in [3.05, 3.63) is 78.2 Å². The fourth-order valence-corrected chi connectivity index (χ4v) is 2.78. The summed E-state index contributed by atoms with van der Waals surface area (Å²) in [5.41, 5.74) is 3.74. The molecule has 0 unspecified atom stereocenters. The van der Waals surface area contributed by atoms with Gasteiger partial charge < -0.3 is 15.2 Å². The van der Waals surface area contributed by atoms with Gasteiger partial charge in [0.15, 0.2) is 0 Å². The van der Waals surface area contributed by atoms with Crippen LogP contribution in [0.3, 0.4) is 0 Å². The number of nitrogens with one attached hydrogen (secondary N) is 2. The summed E-state index contributed by atoms with van der Waals surface area (Å²) < 4.78 is 15.0. The monoisotopic (exact) mass is 347 g/mol. The van der Waals surface area contributed by atoms with Gasteiger partial charge in [-0.25, -0.2) is 14.4 Å². The van der Waals surface area contributed by atoms with Gasteiger partial charge in [0, 0.05) is 25.3 Å². The predicted molar refractivity (Wildman–Crippen MR) is 102 cm³/mol. The number of aryl methyl sites for hydroxylation is 1. The number of nitrogens with zero attached hydrogens (tertiary/aromatic N) is 3. The topological polar surface area (TPSA) is 54.8 Å². The summed E-state index contributed by atoms with van der Waals surface area (Å²) in [5.74, 6) is 1.20. The molecular formula is C20H18FN5. The molecule has 5 nitrogen and oxygen atoms in total. The molecule has 0 spiro atoms. The maximum Gasteiger partial charge on any atom is 0.203 e. The first-order chi connectivity index (χ1) is 12.7. The Kier molecular flexibility index (Phi) is 4.23. The summed E-state index contributed by atoms with van der Waals surface area (Å²) in [7, 11) is 1.96. The maximum atomic E-state index is 13.0. The van der Waals surface area contributed by atoms with Crippen molar-refractivity contribution in [3.8, 4) is 0 Å². The third-order valence-corrected chi connectivity index (χ3v) is 4.18. The predicted octanol–water partition coefficient (Wildman–Crippen LogP) is 4.46. The Morgan fingerprint density at radius 3 is 2.58 bits per heavy atom. The van der Waals surface area contributed by atoms with Gasteiger partial charge in [-0.2, -0.15) is 0 Å². The number of rotatable bonds is 5. The highest BCUT2D eigenvalue weighted by Crippen LogP contribution is 2.22. The smallest absolute Gasteiger partial charge is 0.203 e. The second-order valence-corrected chi connectivity index (χ2v) is 6.02. The Hall–Kier alpha value is -3.41. The molecule has 2 aromatic heterocycles. The first-order valence-electron chi connectivity index (χ1n) is 8.32. The van der Waals surface area contributed by atoms with E-state index in [1.54, 1.807) is 18.3 Å². The highest BCUT2D eigenvalue weighted by Gasteiger charge is 2.09. The quantitative estimate of drug-likeness (QED) is 0.559. The molecular weight excluding hydrogens is 329 g/mol. The van der Waals surface area contributed by atoms with E-state index in [1.807, 2.05) is 35.9 Å². The van der Waals surface area contributed by atoms with Crippen LogP contribution in [0.25, 0.3) is 11.0 Å². The molecule has 4 rings (SSSR count). The second-order valence-electron chi connectivity index (χ2n) is 6.02. The van der Waals surface area contributed by atoms with E-state index in [0.29, 0.717) is 12.4 Å². The average Bonchev–Trinajstić information content (AvgIpc) is 2.98. The zero-order valence-electron chi connectivity index (χ0n) is 14.3. The van der Waals surface area contributed by atoms with E-state index in [2.05, 4.69) is 32.7 Å². The lowest BCUT2D eigenvalue weighted by atomic mass is 10.2. The van der Waals surface area contributed by atoms with Crippen LogP contribution in [-0.2, 0) is 13.6 Å². The number of imidazole rings is 1. The third kappa shape index (κ3) is 3.35. The summed E-state index contributed by atoms with van der Waals surface area (Å²) in [6, 6.07) is 18.3. The van der Waals surface area contributed by atoms with Gasteiger partial charge in [0.05, 0.1) is 11.7 Å².